The first-order chi connectivity index (χ1) is 19.4. The zero-order valence-electron chi connectivity index (χ0n) is 24.1. The molecule has 9 nitrogen and oxygen atoms in total. The van der Waals surface area contributed by atoms with Crippen molar-refractivity contribution in [3.8, 4) is 0 Å². The Balaban J connectivity index is 1.56. The summed E-state index contributed by atoms with van der Waals surface area (Å²) < 4.78 is 5.39. The SMILES string of the molecule is CCCCC(C)C=C(C)C=C(C)CC(=O)NC1=CC(O)(C=CC=CC=CC(=O)NC2=C(O)CCC2=O)C2OC2C1=O. The van der Waals surface area contributed by atoms with Gasteiger partial charge in [-0.1, -0.05) is 74.3 Å². The second-order valence-corrected chi connectivity index (χ2v) is 10.9. The molecule has 1 fully saturated rings. The van der Waals surface area contributed by atoms with Gasteiger partial charge >= 0.3 is 0 Å². The number of amides is 2. The van der Waals surface area contributed by atoms with Crippen LogP contribution in [0.4, 0.5) is 0 Å². The number of epoxide rings is 1. The van der Waals surface area contributed by atoms with Crippen molar-refractivity contribution >= 4 is 23.4 Å². The fraction of sp³-hybridized carbons (Fsp3) is 0.438. The molecule has 1 heterocycles. The smallest absolute Gasteiger partial charge is 0.248 e. The molecule has 4 unspecified atom stereocenters. The van der Waals surface area contributed by atoms with Crippen LogP contribution in [-0.2, 0) is 23.9 Å². The number of Topliss-reactive ketones (excluding diaryl/α,β-unsaturated/α-hetero) is 2. The van der Waals surface area contributed by atoms with Crippen LogP contribution in [-0.4, -0.2) is 51.4 Å². The highest BCUT2D eigenvalue weighted by molar-refractivity contribution is 6.05. The highest BCUT2D eigenvalue weighted by Crippen LogP contribution is 2.40. The van der Waals surface area contributed by atoms with E-state index in [1.807, 2.05) is 19.9 Å². The predicted octanol–water partition coefficient (Wildman–Crippen LogP) is 4.09. The molecule has 2 aliphatic carbocycles. The zero-order chi connectivity index (χ0) is 30.2. The van der Waals surface area contributed by atoms with Crippen LogP contribution in [0.25, 0.3) is 0 Å². The number of aliphatic hydroxyl groups is 2. The van der Waals surface area contributed by atoms with Crippen molar-refractivity contribution in [1.82, 2.24) is 10.6 Å². The molecule has 4 atom stereocenters. The van der Waals surface area contributed by atoms with Gasteiger partial charge < -0.3 is 25.6 Å². The van der Waals surface area contributed by atoms with Crippen molar-refractivity contribution < 1.29 is 34.1 Å². The van der Waals surface area contributed by atoms with Crippen LogP contribution >= 0.6 is 0 Å². The van der Waals surface area contributed by atoms with Gasteiger partial charge in [-0.05, 0) is 38.3 Å². The first kappa shape index (κ1) is 31.7. The van der Waals surface area contributed by atoms with E-state index in [2.05, 4.69) is 30.6 Å². The summed E-state index contributed by atoms with van der Waals surface area (Å²) in [7, 11) is 0. The lowest BCUT2D eigenvalue weighted by atomic mass is 9.88. The molecule has 0 bridgehead atoms. The van der Waals surface area contributed by atoms with Gasteiger partial charge in [-0.15, -0.1) is 0 Å². The topological polar surface area (TPSA) is 145 Å². The summed E-state index contributed by atoms with van der Waals surface area (Å²) in [4.78, 5) is 48.9. The van der Waals surface area contributed by atoms with E-state index in [0.717, 1.165) is 24.0 Å². The fourth-order valence-corrected chi connectivity index (χ4v) is 4.87. The lowest BCUT2D eigenvalue weighted by molar-refractivity contribution is -0.123. The molecule has 0 aromatic heterocycles. The van der Waals surface area contributed by atoms with Crippen LogP contribution in [0.1, 0.15) is 66.2 Å². The molecule has 0 saturated carbocycles. The van der Waals surface area contributed by atoms with Crippen molar-refractivity contribution in [1.29, 1.82) is 0 Å². The maximum absolute atomic E-state index is 12.7. The average molecular weight is 565 g/mol. The van der Waals surface area contributed by atoms with Crippen LogP contribution in [0, 0.1) is 5.92 Å². The number of aliphatic hydroxyl groups excluding tert-OH is 1. The predicted molar refractivity (Wildman–Crippen MR) is 155 cm³/mol. The van der Waals surface area contributed by atoms with Crippen molar-refractivity contribution in [3.63, 3.8) is 0 Å². The second-order valence-electron chi connectivity index (χ2n) is 10.9. The molecule has 3 rings (SSSR count). The Morgan fingerprint density at radius 3 is 2.56 bits per heavy atom. The highest BCUT2D eigenvalue weighted by atomic mass is 16.6. The Hall–Kier alpha value is -3.82. The number of hydrogen-bond donors (Lipinski definition) is 4. The van der Waals surface area contributed by atoms with E-state index in [1.54, 1.807) is 6.08 Å². The van der Waals surface area contributed by atoms with Crippen molar-refractivity contribution in [2.24, 2.45) is 5.92 Å². The zero-order valence-corrected chi connectivity index (χ0v) is 24.1. The molecule has 0 radical (unpaired) electrons. The lowest BCUT2D eigenvalue weighted by Crippen LogP contribution is -2.42. The summed E-state index contributed by atoms with van der Waals surface area (Å²) in [6.45, 7) is 8.22. The molecule has 41 heavy (non-hydrogen) atoms. The van der Waals surface area contributed by atoms with E-state index in [4.69, 9.17) is 4.74 Å². The van der Waals surface area contributed by atoms with Gasteiger partial charge in [0.25, 0.3) is 0 Å². The standard InChI is InChI=1S/C32H40N2O7/c1-5-6-11-20(2)16-21(3)17-22(4)18-27(38)33-23-19-32(40,31-30(41-31)29(23)39)15-10-8-7-9-12-26(37)34-28-24(35)13-14-25(28)36/h7-10,12,15-17,19-20,30-31,35,40H,5-6,11,13-14,18H2,1-4H3,(H,33,38)(H,34,37). The number of ketones is 2. The minimum absolute atomic E-state index is 0.00582. The molecule has 0 spiro atoms. The number of fused-ring (bicyclic) bond motifs is 1. The monoisotopic (exact) mass is 564 g/mol. The van der Waals surface area contributed by atoms with Crippen molar-refractivity contribution in [2.45, 2.75) is 84.0 Å². The fourth-order valence-electron chi connectivity index (χ4n) is 4.87. The third-order valence-corrected chi connectivity index (χ3v) is 6.94. The van der Waals surface area contributed by atoms with Crippen LogP contribution in [0.15, 0.2) is 83.0 Å². The van der Waals surface area contributed by atoms with Gasteiger partial charge in [-0.3, -0.25) is 19.2 Å². The number of ether oxygens (including phenoxy) is 1. The molecular formula is C32H40N2O7. The minimum Gasteiger partial charge on any atom is -0.510 e. The largest absolute Gasteiger partial charge is 0.510 e. The number of unbranched alkanes of at least 4 members (excludes halogenated alkanes) is 1. The van der Waals surface area contributed by atoms with Crippen LogP contribution < -0.4 is 10.6 Å². The number of carbonyl (C=O) groups excluding carboxylic acids is 4. The molecule has 1 saturated heterocycles. The summed E-state index contributed by atoms with van der Waals surface area (Å²) in [6, 6.07) is 0. The molecule has 9 heteroatoms. The highest BCUT2D eigenvalue weighted by Gasteiger charge is 2.59. The Bertz CT molecular complexity index is 1280. The van der Waals surface area contributed by atoms with E-state index in [9.17, 15) is 29.4 Å². The summed E-state index contributed by atoms with van der Waals surface area (Å²) in [5.74, 6) is -1.27. The van der Waals surface area contributed by atoms with E-state index < -0.39 is 23.7 Å². The average Bonchev–Trinajstić information content (AvgIpc) is 3.66. The second kappa shape index (κ2) is 14.2. The molecule has 0 aromatic carbocycles. The summed E-state index contributed by atoms with van der Waals surface area (Å²) >= 11 is 0. The first-order valence-corrected chi connectivity index (χ1v) is 14.0. The van der Waals surface area contributed by atoms with Gasteiger partial charge in [-0.2, -0.15) is 0 Å². The van der Waals surface area contributed by atoms with Crippen LogP contribution in [0.5, 0.6) is 0 Å². The first-order valence-electron chi connectivity index (χ1n) is 14.0. The summed E-state index contributed by atoms with van der Waals surface area (Å²) in [5, 5.41) is 25.7. The van der Waals surface area contributed by atoms with Crippen LogP contribution in [0.2, 0.25) is 0 Å². The summed E-state index contributed by atoms with van der Waals surface area (Å²) in [6.07, 6.45) is 16.5. The van der Waals surface area contributed by atoms with Gasteiger partial charge in [0.05, 0.1) is 5.70 Å². The molecule has 0 aromatic rings. The van der Waals surface area contributed by atoms with E-state index in [-0.39, 0.29) is 53.9 Å². The van der Waals surface area contributed by atoms with E-state index in [1.165, 1.54) is 42.9 Å². The maximum Gasteiger partial charge on any atom is 0.248 e. The normalized spacial score (nSPS) is 25.7. The van der Waals surface area contributed by atoms with Gasteiger partial charge in [0.1, 0.15) is 23.2 Å². The molecule has 2 amide bonds. The minimum atomic E-state index is -1.60. The Labute approximate surface area is 241 Å². The van der Waals surface area contributed by atoms with Crippen molar-refractivity contribution in [3.05, 3.63) is 83.0 Å². The van der Waals surface area contributed by atoms with E-state index in [0.29, 0.717) is 5.92 Å². The molecule has 220 valence electrons. The molecule has 4 N–H and O–H groups in total. The third-order valence-electron chi connectivity index (χ3n) is 6.94. The van der Waals surface area contributed by atoms with Gasteiger partial charge in [0.15, 0.2) is 11.9 Å². The van der Waals surface area contributed by atoms with Crippen LogP contribution in [0.3, 0.4) is 0 Å². The van der Waals surface area contributed by atoms with Gasteiger partial charge in [-0.25, -0.2) is 0 Å². The number of nitrogens with one attached hydrogen (secondary N) is 2. The van der Waals surface area contributed by atoms with Gasteiger partial charge in [0, 0.05) is 25.3 Å². The number of carbonyl (C=O) groups is 4. The van der Waals surface area contributed by atoms with Crippen molar-refractivity contribution in [2.75, 3.05) is 0 Å². The summed E-state index contributed by atoms with van der Waals surface area (Å²) in [5.41, 5.74) is 0.266. The number of rotatable bonds is 13. The Kier molecular flexibility index (Phi) is 11.0. The maximum atomic E-state index is 12.7. The number of allylic oxidation sites excluding steroid dienone is 9. The quantitative estimate of drug-likeness (QED) is 0.150. The Morgan fingerprint density at radius 1 is 1.15 bits per heavy atom. The van der Waals surface area contributed by atoms with Gasteiger partial charge in [0.2, 0.25) is 17.6 Å². The number of hydrogen-bond acceptors (Lipinski definition) is 7. The molecule has 1 aliphatic heterocycles. The Morgan fingerprint density at radius 2 is 1.88 bits per heavy atom. The third kappa shape index (κ3) is 9.09. The van der Waals surface area contributed by atoms with E-state index >= 15 is 0 Å². The lowest BCUT2D eigenvalue weighted by Gasteiger charge is -2.23. The molecular weight excluding hydrogens is 524 g/mol. The molecule has 3 aliphatic rings.